The molecule has 2 rings (SSSR count). The largest absolute Gasteiger partial charge is 0.339 e. The van der Waals surface area contributed by atoms with Crippen molar-refractivity contribution in [2.45, 2.75) is 40.2 Å². The zero-order valence-electron chi connectivity index (χ0n) is 14.0. The van der Waals surface area contributed by atoms with Gasteiger partial charge in [0.15, 0.2) is 0 Å². The molecule has 1 unspecified atom stereocenters. The Morgan fingerprint density at radius 1 is 1.00 bits per heavy atom. The maximum absolute atomic E-state index is 12.6. The van der Waals surface area contributed by atoms with Gasteiger partial charge in [-0.2, -0.15) is 0 Å². The van der Waals surface area contributed by atoms with E-state index in [2.05, 4.69) is 0 Å². The summed E-state index contributed by atoms with van der Waals surface area (Å²) in [6.07, 6.45) is 0.322. The van der Waals surface area contributed by atoms with Gasteiger partial charge in [0.1, 0.15) is 0 Å². The molecule has 6 heteroatoms. The monoisotopic (exact) mass is 309 g/mol. The first-order valence-corrected chi connectivity index (χ1v) is 8.18. The van der Waals surface area contributed by atoms with Crippen LogP contribution in [-0.4, -0.2) is 71.2 Å². The molecule has 0 bridgehead atoms. The Morgan fingerprint density at radius 2 is 1.55 bits per heavy atom. The predicted octanol–water partition coefficient (Wildman–Crippen LogP) is 0.570. The third-order valence-corrected chi connectivity index (χ3v) is 4.53. The van der Waals surface area contributed by atoms with E-state index in [1.54, 1.807) is 4.90 Å². The van der Waals surface area contributed by atoms with Crippen molar-refractivity contribution in [1.29, 1.82) is 0 Å². The van der Waals surface area contributed by atoms with Crippen LogP contribution in [0.1, 0.15) is 34.1 Å². The summed E-state index contributed by atoms with van der Waals surface area (Å²) in [5, 5.41) is 0. The molecule has 0 aromatic rings. The summed E-state index contributed by atoms with van der Waals surface area (Å²) in [5.74, 6) is 0.0563. The first kappa shape index (κ1) is 16.8. The molecule has 6 nitrogen and oxygen atoms in total. The molecule has 0 aliphatic carbocycles. The molecular weight excluding hydrogens is 282 g/mol. The number of carbonyl (C=O) groups excluding carboxylic acids is 3. The van der Waals surface area contributed by atoms with Crippen molar-refractivity contribution < 1.29 is 14.4 Å². The molecular formula is C16H27N3O3. The van der Waals surface area contributed by atoms with E-state index in [4.69, 9.17) is 0 Å². The third kappa shape index (κ3) is 3.42. The van der Waals surface area contributed by atoms with E-state index in [1.807, 2.05) is 37.5 Å². The van der Waals surface area contributed by atoms with Gasteiger partial charge in [0.05, 0.1) is 5.92 Å². The van der Waals surface area contributed by atoms with E-state index < -0.39 is 0 Å². The second-order valence-corrected chi connectivity index (χ2v) is 6.85. The zero-order valence-corrected chi connectivity index (χ0v) is 14.0. The number of hydrogen-bond acceptors (Lipinski definition) is 3. The van der Waals surface area contributed by atoms with E-state index >= 15 is 0 Å². The van der Waals surface area contributed by atoms with Crippen LogP contribution in [-0.2, 0) is 14.4 Å². The van der Waals surface area contributed by atoms with Crippen LogP contribution in [0.5, 0.6) is 0 Å². The van der Waals surface area contributed by atoms with Gasteiger partial charge in [-0.1, -0.05) is 13.8 Å². The number of likely N-dealkylation sites (tertiary alicyclic amines) is 1. The molecule has 0 aromatic carbocycles. The van der Waals surface area contributed by atoms with Crippen molar-refractivity contribution in [3.8, 4) is 0 Å². The fraction of sp³-hybridized carbons (Fsp3) is 0.812. The highest BCUT2D eigenvalue weighted by molar-refractivity contribution is 5.89. The molecule has 2 aliphatic rings. The lowest BCUT2D eigenvalue weighted by Crippen LogP contribution is -2.53. The van der Waals surface area contributed by atoms with Crippen LogP contribution in [0.2, 0.25) is 0 Å². The summed E-state index contributed by atoms with van der Waals surface area (Å²) in [5.41, 5.74) is 0. The van der Waals surface area contributed by atoms with E-state index in [0.717, 1.165) is 0 Å². The lowest BCUT2D eigenvalue weighted by molar-refractivity contribution is -0.143. The van der Waals surface area contributed by atoms with Crippen molar-refractivity contribution in [1.82, 2.24) is 14.7 Å². The average Bonchev–Trinajstić information content (AvgIpc) is 2.88. The fourth-order valence-electron chi connectivity index (χ4n) is 3.17. The van der Waals surface area contributed by atoms with Crippen molar-refractivity contribution in [2.75, 3.05) is 32.7 Å². The minimum atomic E-state index is -0.220. The highest BCUT2D eigenvalue weighted by Gasteiger charge is 2.38. The summed E-state index contributed by atoms with van der Waals surface area (Å²) in [4.78, 5) is 41.9. The molecule has 1 atom stereocenters. The molecule has 0 N–H and O–H groups in total. The number of hydrogen-bond donors (Lipinski definition) is 0. The van der Waals surface area contributed by atoms with Crippen LogP contribution in [0.15, 0.2) is 0 Å². The molecule has 0 aromatic heterocycles. The van der Waals surface area contributed by atoms with Crippen molar-refractivity contribution >= 4 is 17.7 Å². The normalized spacial score (nSPS) is 22.9. The lowest BCUT2D eigenvalue weighted by Gasteiger charge is -2.36. The van der Waals surface area contributed by atoms with Crippen LogP contribution in [0.25, 0.3) is 0 Å². The minimum absolute atomic E-state index is 0.00527. The fourth-order valence-corrected chi connectivity index (χ4v) is 3.17. The quantitative estimate of drug-likeness (QED) is 0.766. The molecule has 0 radical (unpaired) electrons. The van der Waals surface area contributed by atoms with Crippen LogP contribution < -0.4 is 0 Å². The van der Waals surface area contributed by atoms with Gasteiger partial charge in [-0.05, 0) is 13.8 Å². The van der Waals surface area contributed by atoms with E-state index in [1.165, 1.54) is 0 Å². The molecule has 22 heavy (non-hydrogen) atoms. The average molecular weight is 309 g/mol. The van der Waals surface area contributed by atoms with E-state index in [0.29, 0.717) is 39.1 Å². The van der Waals surface area contributed by atoms with Crippen LogP contribution >= 0.6 is 0 Å². The van der Waals surface area contributed by atoms with Gasteiger partial charge in [0.2, 0.25) is 17.7 Å². The summed E-state index contributed by atoms with van der Waals surface area (Å²) in [7, 11) is 0. The zero-order chi connectivity index (χ0) is 16.4. The SMILES string of the molecule is CC(C)C(=O)N1CCN(C(=O)C2CC(=O)N(C(C)C)C2)CC1. The molecule has 2 fully saturated rings. The minimum Gasteiger partial charge on any atom is -0.339 e. The number of nitrogens with zero attached hydrogens (tertiary/aromatic N) is 3. The van der Waals surface area contributed by atoms with Crippen LogP contribution in [0.4, 0.5) is 0 Å². The number of amides is 3. The Kier molecular flexibility index (Phi) is 5.08. The molecule has 0 spiro atoms. The highest BCUT2D eigenvalue weighted by atomic mass is 16.2. The van der Waals surface area contributed by atoms with Gasteiger partial charge >= 0.3 is 0 Å². The van der Waals surface area contributed by atoms with E-state index in [-0.39, 0.29) is 35.6 Å². The van der Waals surface area contributed by atoms with Gasteiger partial charge < -0.3 is 14.7 Å². The Balaban J connectivity index is 1.88. The van der Waals surface area contributed by atoms with Gasteiger partial charge in [0.25, 0.3) is 0 Å². The lowest BCUT2D eigenvalue weighted by atomic mass is 10.1. The Morgan fingerprint density at radius 3 is 2.00 bits per heavy atom. The van der Waals surface area contributed by atoms with Crippen LogP contribution in [0, 0.1) is 11.8 Å². The summed E-state index contributed by atoms with van der Waals surface area (Å²) in [6.45, 7) is 10.6. The Hall–Kier alpha value is -1.59. The number of piperazine rings is 1. The number of rotatable bonds is 3. The standard InChI is InChI=1S/C16H27N3O3/c1-11(2)15(21)17-5-7-18(8-6-17)16(22)13-9-14(20)19(10-13)12(3)4/h11-13H,5-10H2,1-4H3. The highest BCUT2D eigenvalue weighted by Crippen LogP contribution is 2.22. The summed E-state index contributed by atoms with van der Waals surface area (Å²) >= 11 is 0. The molecule has 2 aliphatic heterocycles. The van der Waals surface area contributed by atoms with Crippen LogP contribution in [0.3, 0.4) is 0 Å². The third-order valence-electron chi connectivity index (χ3n) is 4.53. The molecule has 2 saturated heterocycles. The molecule has 124 valence electrons. The predicted molar refractivity (Wildman–Crippen MR) is 83.0 cm³/mol. The molecule has 0 saturated carbocycles. The van der Waals surface area contributed by atoms with E-state index in [9.17, 15) is 14.4 Å². The topological polar surface area (TPSA) is 60.9 Å². The number of carbonyl (C=O) groups is 3. The maximum Gasteiger partial charge on any atom is 0.228 e. The van der Waals surface area contributed by atoms with Gasteiger partial charge in [-0.25, -0.2) is 0 Å². The second kappa shape index (κ2) is 6.67. The Labute approximate surface area is 132 Å². The molecule has 3 amide bonds. The maximum atomic E-state index is 12.6. The smallest absolute Gasteiger partial charge is 0.228 e. The van der Waals surface area contributed by atoms with Crippen molar-refractivity contribution in [3.05, 3.63) is 0 Å². The van der Waals surface area contributed by atoms with Gasteiger partial charge in [-0.15, -0.1) is 0 Å². The summed E-state index contributed by atoms with van der Waals surface area (Å²) < 4.78 is 0. The van der Waals surface area contributed by atoms with Gasteiger partial charge in [-0.3, -0.25) is 14.4 Å². The first-order chi connectivity index (χ1) is 10.3. The van der Waals surface area contributed by atoms with Crippen molar-refractivity contribution in [2.24, 2.45) is 11.8 Å². The van der Waals surface area contributed by atoms with Gasteiger partial charge in [0, 0.05) is 51.1 Å². The first-order valence-electron chi connectivity index (χ1n) is 8.18. The Bertz CT molecular complexity index is 454. The summed E-state index contributed by atoms with van der Waals surface area (Å²) in [6, 6.07) is 0.144. The molecule has 2 heterocycles. The van der Waals surface area contributed by atoms with Crippen molar-refractivity contribution in [3.63, 3.8) is 0 Å². The second-order valence-electron chi connectivity index (χ2n) is 6.85.